The molecule has 0 saturated heterocycles. The van der Waals surface area contributed by atoms with Gasteiger partial charge >= 0.3 is 0 Å². The van der Waals surface area contributed by atoms with Gasteiger partial charge in [-0.1, -0.05) is 158 Å². The number of hydrogen-bond acceptors (Lipinski definition) is 3. The summed E-state index contributed by atoms with van der Waals surface area (Å²) in [5, 5.41) is 8.08. The summed E-state index contributed by atoms with van der Waals surface area (Å²) in [7, 11) is 1.76. The minimum Gasteiger partial charge on any atom is -0.497 e. The fraction of sp³-hybridized carbons (Fsp3) is 0.235. The average molecular weight is 923 g/mol. The van der Waals surface area contributed by atoms with Crippen LogP contribution in [-0.4, -0.2) is 7.11 Å². The summed E-state index contributed by atoms with van der Waals surface area (Å²) in [6.45, 7) is 21.6. The highest BCUT2D eigenvalue weighted by Crippen LogP contribution is 2.59. The lowest BCUT2D eigenvalue weighted by molar-refractivity contribution is 0.415. The monoisotopic (exact) mass is 922 g/mol. The number of hydrogen-bond donors (Lipinski definition) is 0. The molecule has 0 unspecified atom stereocenters. The van der Waals surface area contributed by atoms with Crippen molar-refractivity contribution in [2.45, 2.75) is 97.3 Å². The number of ether oxygens (including phenoxy) is 1. The molecule has 3 nitrogen and oxygen atoms in total. The Morgan fingerprint density at radius 1 is 0.465 bits per heavy atom. The van der Waals surface area contributed by atoms with Crippen LogP contribution in [0.2, 0.25) is 0 Å². The van der Waals surface area contributed by atoms with Crippen LogP contribution in [0.1, 0.15) is 112 Å². The summed E-state index contributed by atoms with van der Waals surface area (Å²) >= 11 is 0. The molecule has 3 heteroatoms. The average Bonchev–Trinajstić information content (AvgIpc) is 3.76. The van der Waals surface area contributed by atoms with Gasteiger partial charge in [-0.25, -0.2) is 0 Å². The molecule has 0 amide bonds. The molecule has 0 aliphatic heterocycles. The van der Waals surface area contributed by atoms with E-state index in [4.69, 9.17) is 4.74 Å². The standard InChI is InChI=1S/C68H62N2O/c1-40(2)52-39-60(70(43-27-25-41(3)26-28-43)58-24-16-20-50-47-18-12-14-22-55(47)68(8,9)65(50)58)53-38-56-61-42(35-36-66(56,4)5)37-59(51-34-33-48(52)62(53)63(51)61)69(44-29-31-45(71-10)32-30-44)57-23-15-19-49-46-17-11-13-21-54(46)67(6,7)64(49)57/h11-34,37-40H,35-36H2,1-10H3. The van der Waals surface area contributed by atoms with Gasteiger partial charge in [-0.15, -0.1) is 0 Å². The fourth-order valence-electron chi connectivity index (χ4n) is 13.6. The Morgan fingerprint density at radius 3 is 1.55 bits per heavy atom. The van der Waals surface area contributed by atoms with E-state index in [1.807, 2.05) is 0 Å². The maximum atomic E-state index is 5.79. The van der Waals surface area contributed by atoms with E-state index in [0.29, 0.717) is 0 Å². The van der Waals surface area contributed by atoms with Gasteiger partial charge in [0.25, 0.3) is 0 Å². The molecular formula is C68H62N2O. The van der Waals surface area contributed by atoms with E-state index in [0.717, 1.165) is 24.3 Å². The van der Waals surface area contributed by atoms with Crippen LogP contribution in [0.3, 0.4) is 0 Å². The molecule has 3 aliphatic rings. The molecular weight excluding hydrogens is 861 g/mol. The minimum absolute atomic E-state index is 0.0483. The number of nitrogens with zero attached hydrogens (tertiary/aromatic N) is 2. The summed E-state index contributed by atoms with van der Waals surface area (Å²) in [6.07, 6.45) is 2.07. The highest BCUT2D eigenvalue weighted by molar-refractivity contribution is 6.30. The molecule has 71 heavy (non-hydrogen) atoms. The van der Waals surface area contributed by atoms with E-state index in [1.54, 1.807) is 7.11 Å². The number of fused-ring (bicyclic) bond motifs is 6. The normalized spacial score (nSPS) is 15.5. The van der Waals surface area contributed by atoms with Gasteiger partial charge in [-0.2, -0.15) is 0 Å². The van der Waals surface area contributed by atoms with Crippen molar-refractivity contribution in [3.63, 3.8) is 0 Å². The third-order valence-corrected chi connectivity index (χ3v) is 17.1. The van der Waals surface area contributed by atoms with Crippen LogP contribution in [0, 0.1) is 6.92 Å². The summed E-state index contributed by atoms with van der Waals surface area (Å²) in [4.78, 5) is 5.22. The van der Waals surface area contributed by atoms with E-state index in [2.05, 4.69) is 236 Å². The summed E-state index contributed by atoms with van der Waals surface area (Å²) in [6, 6.07) is 62.7. The van der Waals surface area contributed by atoms with Crippen molar-refractivity contribution in [3.05, 3.63) is 208 Å². The van der Waals surface area contributed by atoms with E-state index >= 15 is 0 Å². The maximum Gasteiger partial charge on any atom is 0.119 e. The number of benzene rings is 10. The van der Waals surface area contributed by atoms with E-state index in [-0.39, 0.29) is 22.2 Å². The van der Waals surface area contributed by atoms with Crippen LogP contribution < -0.4 is 14.5 Å². The van der Waals surface area contributed by atoms with Crippen molar-refractivity contribution in [3.8, 4) is 28.0 Å². The number of anilines is 6. The fourth-order valence-corrected chi connectivity index (χ4v) is 13.6. The molecule has 10 aromatic rings. The Bertz CT molecular complexity index is 3810. The van der Waals surface area contributed by atoms with Gasteiger partial charge in [0, 0.05) is 38.4 Å². The van der Waals surface area contributed by atoms with Gasteiger partial charge in [0.1, 0.15) is 5.75 Å². The van der Waals surface area contributed by atoms with Crippen molar-refractivity contribution < 1.29 is 4.74 Å². The maximum absolute atomic E-state index is 5.79. The summed E-state index contributed by atoms with van der Waals surface area (Å²) in [5.74, 6) is 1.12. The predicted molar refractivity (Wildman–Crippen MR) is 301 cm³/mol. The minimum atomic E-state index is -0.226. The molecule has 13 rings (SSSR count). The third-order valence-electron chi connectivity index (χ3n) is 17.1. The smallest absolute Gasteiger partial charge is 0.119 e. The number of methoxy groups -OCH3 is 1. The van der Waals surface area contributed by atoms with Crippen molar-refractivity contribution in [2.24, 2.45) is 0 Å². The second-order valence-corrected chi connectivity index (χ2v) is 22.8. The molecule has 0 N–H and O–H groups in total. The Morgan fingerprint density at radius 2 is 0.986 bits per heavy atom. The lowest BCUT2D eigenvalue weighted by atomic mass is 9.70. The molecule has 0 bridgehead atoms. The summed E-state index contributed by atoms with van der Waals surface area (Å²) in [5.41, 5.74) is 23.0. The van der Waals surface area contributed by atoms with Crippen LogP contribution in [0.25, 0.3) is 54.6 Å². The zero-order valence-electron chi connectivity index (χ0n) is 42.9. The van der Waals surface area contributed by atoms with E-state index < -0.39 is 0 Å². The molecule has 3 aliphatic carbocycles. The molecule has 0 saturated carbocycles. The first-order valence-electron chi connectivity index (χ1n) is 25.8. The zero-order valence-corrected chi connectivity index (χ0v) is 42.9. The van der Waals surface area contributed by atoms with Crippen molar-refractivity contribution >= 4 is 66.4 Å². The quantitative estimate of drug-likeness (QED) is 0.141. The van der Waals surface area contributed by atoms with Gasteiger partial charge in [-0.05, 0) is 175 Å². The van der Waals surface area contributed by atoms with Crippen LogP contribution in [-0.2, 0) is 22.7 Å². The predicted octanol–water partition coefficient (Wildman–Crippen LogP) is 18.8. The molecule has 0 heterocycles. The Balaban J connectivity index is 1.17. The number of aryl methyl sites for hydroxylation is 2. The first-order valence-corrected chi connectivity index (χ1v) is 25.8. The molecule has 0 atom stereocenters. The molecule has 350 valence electrons. The van der Waals surface area contributed by atoms with Gasteiger partial charge in [0.15, 0.2) is 0 Å². The van der Waals surface area contributed by atoms with Crippen molar-refractivity contribution in [1.82, 2.24) is 0 Å². The SMILES string of the molecule is COc1ccc(N(c2cccc3c2C(C)(C)c2ccccc2-3)c2cc3c4c(cc5c(N(c6ccc(C)cc6)c6cccc7c6C(C)(C)c6ccccc6-7)cc(C(C)C)c6ccc2c4c65)C(C)(C)CC3)cc1. The van der Waals surface area contributed by atoms with Crippen molar-refractivity contribution in [1.29, 1.82) is 0 Å². The molecule has 0 aromatic heterocycles. The molecule has 0 spiro atoms. The van der Waals surface area contributed by atoms with Crippen molar-refractivity contribution in [2.75, 3.05) is 16.9 Å². The van der Waals surface area contributed by atoms with Gasteiger partial charge in [0.05, 0.1) is 29.9 Å². The second kappa shape index (κ2) is 15.3. The molecule has 10 aromatic carbocycles. The van der Waals surface area contributed by atoms with Gasteiger partial charge < -0.3 is 14.5 Å². The largest absolute Gasteiger partial charge is 0.497 e. The Kier molecular flexibility index (Phi) is 9.42. The second-order valence-electron chi connectivity index (χ2n) is 22.8. The van der Waals surface area contributed by atoms with Crippen LogP contribution in [0.15, 0.2) is 164 Å². The first-order chi connectivity index (χ1) is 34.2. The number of rotatable bonds is 8. The highest BCUT2D eigenvalue weighted by atomic mass is 16.5. The lowest BCUT2D eigenvalue weighted by Crippen LogP contribution is -2.24. The van der Waals surface area contributed by atoms with Crippen LogP contribution >= 0.6 is 0 Å². The zero-order chi connectivity index (χ0) is 48.9. The van der Waals surface area contributed by atoms with Crippen LogP contribution in [0.5, 0.6) is 5.75 Å². The van der Waals surface area contributed by atoms with E-state index in [9.17, 15) is 0 Å². The Hall–Kier alpha value is -7.36. The van der Waals surface area contributed by atoms with Gasteiger partial charge in [0.2, 0.25) is 0 Å². The van der Waals surface area contributed by atoms with Crippen LogP contribution in [0.4, 0.5) is 34.1 Å². The first kappa shape index (κ1) is 43.6. The highest BCUT2D eigenvalue weighted by Gasteiger charge is 2.42. The Labute approximate surface area is 419 Å². The third kappa shape index (κ3) is 6.14. The lowest BCUT2D eigenvalue weighted by Gasteiger charge is -2.38. The topological polar surface area (TPSA) is 15.7 Å². The van der Waals surface area contributed by atoms with E-state index in [1.165, 1.54) is 128 Å². The summed E-state index contributed by atoms with van der Waals surface area (Å²) < 4.78 is 5.79. The molecule has 0 fully saturated rings. The van der Waals surface area contributed by atoms with Gasteiger partial charge in [-0.3, -0.25) is 0 Å². The molecule has 0 radical (unpaired) electrons.